The summed E-state index contributed by atoms with van der Waals surface area (Å²) in [5.41, 5.74) is 4.22. The molecule has 2 nitrogen and oxygen atoms in total. The van der Waals surface area contributed by atoms with E-state index >= 15 is 0 Å². The molecule has 0 saturated carbocycles. The van der Waals surface area contributed by atoms with E-state index in [4.69, 9.17) is 23.2 Å². The number of aryl methyl sites for hydroxylation is 1. The first-order chi connectivity index (χ1) is 9.65. The van der Waals surface area contributed by atoms with Gasteiger partial charge in [0, 0.05) is 21.6 Å². The van der Waals surface area contributed by atoms with Crippen molar-refractivity contribution in [2.45, 2.75) is 13.5 Å². The zero-order valence-electron chi connectivity index (χ0n) is 11.0. The van der Waals surface area contributed by atoms with Gasteiger partial charge in [-0.15, -0.1) is 0 Å². The fraction of sp³-hybridized carbons (Fsp3) is 0.125. The molecule has 102 valence electrons. The lowest BCUT2D eigenvalue weighted by atomic mass is 10.2. The Kier molecular flexibility index (Phi) is 3.60. The van der Waals surface area contributed by atoms with Crippen LogP contribution in [0.25, 0.3) is 10.9 Å². The first-order valence-electron chi connectivity index (χ1n) is 6.40. The van der Waals surface area contributed by atoms with Gasteiger partial charge < -0.3 is 10.3 Å². The quantitative estimate of drug-likeness (QED) is 0.666. The van der Waals surface area contributed by atoms with Crippen molar-refractivity contribution >= 4 is 39.8 Å². The van der Waals surface area contributed by atoms with Crippen molar-refractivity contribution in [3.05, 3.63) is 63.8 Å². The van der Waals surface area contributed by atoms with Crippen molar-refractivity contribution in [3.63, 3.8) is 0 Å². The average Bonchev–Trinajstić information content (AvgIpc) is 2.75. The Morgan fingerprint density at radius 1 is 1.10 bits per heavy atom. The van der Waals surface area contributed by atoms with Crippen molar-refractivity contribution in [2.24, 2.45) is 0 Å². The predicted octanol–water partition coefficient (Wildman–Crippen LogP) is 5.40. The minimum absolute atomic E-state index is 0.649. The van der Waals surface area contributed by atoms with Gasteiger partial charge in [0.15, 0.2) is 0 Å². The van der Waals surface area contributed by atoms with E-state index < -0.39 is 0 Å². The molecule has 0 unspecified atom stereocenters. The molecular weight excluding hydrogens is 291 g/mol. The van der Waals surface area contributed by atoms with E-state index in [9.17, 15) is 0 Å². The van der Waals surface area contributed by atoms with Crippen LogP contribution in [0.15, 0.2) is 42.5 Å². The summed E-state index contributed by atoms with van der Waals surface area (Å²) in [6.45, 7) is 2.68. The van der Waals surface area contributed by atoms with Gasteiger partial charge in [0.05, 0.1) is 17.3 Å². The van der Waals surface area contributed by atoms with Gasteiger partial charge in [0.2, 0.25) is 0 Å². The van der Waals surface area contributed by atoms with Gasteiger partial charge in [0.1, 0.15) is 0 Å². The Hall–Kier alpha value is -1.64. The molecule has 0 bridgehead atoms. The van der Waals surface area contributed by atoms with Crippen molar-refractivity contribution in [1.29, 1.82) is 0 Å². The van der Waals surface area contributed by atoms with Crippen molar-refractivity contribution in [2.75, 3.05) is 5.32 Å². The maximum atomic E-state index is 6.40. The summed E-state index contributed by atoms with van der Waals surface area (Å²) in [6, 6.07) is 13.8. The maximum Gasteiger partial charge on any atom is 0.0710 e. The van der Waals surface area contributed by atoms with Crippen LogP contribution in [0.1, 0.15) is 11.3 Å². The lowest BCUT2D eigenvalue weighted by Crippen LogP contribution is -2.01. The summed E-state index contributed by atoms with van der Waals surface area (Å²) in [6.07, 6.45) is 0. The maximum absolute atomic E-state index is 6.40. The largest absolute Gasteiger partial charge is 0.379 e. The molecule has 1 aromatic heterocycles. The number of aromatic amines is 1. The number of para-hydroxylation sites is 1. The number of rotatable bonds is 3. The Bertz CT molecular complexity index is 762. The Morgan fingerprint density at radius 2 is 1.90 bits per heavy atom. The Morgan fingerprint density at radius 3 is 2.65 bits per heavy atom. The Balaban J connectivity index is 1.85. The molecule has 0 aliphatic carbocycles. The smallest absolute Gasteiger partial charge is 0.0710 e. The second-order valence-corrected chi connectivity index (χ2v) is 5.59. The zero-order chi connectivity index (χ0) is 14.1. The van der Waals surface area contributed by atoms with Gasteiger partial charge in [-0.05, 0) is 36.8 Å². The van der Waals surface area contributed by atoms with Crippen LogP contribution in [0.4, 0.5) is 5.69 Å². The minimum Gasteiger partial charge on any atom is -0.379 e. The van der Waals surface area contributed by atoms with Crippen LogP contribution < -0.4 is 5.32 Å². The summed E-state index contributed by atoms with van der Waals surface area (Å²) < 4.78 is 0. The van der Waals surface area contributed by atoms with E-state index in [0.717, 1.165) is 37.9 Å². The van der Waals surface area contributed by atoms with Crippen LogP contribution in [0.3, 0.4) is 0 Å². The third-order valence-electron chi connectivity index (χ3n) is 3.36. The molecule has 0 saturated heterocycles. The van der Waals surface area contributed by atoms with E-state index in [-0.39, 0.29) is 0 Å². The number of fused-ring (bicyclic) bond motifs is 1. The molecule has 4 heteroatoms. The number of hydrogen-bond acceptors (Lipinski definition) is 1. The number of anilines is 1. The van der Waals surface area contributed by atoms with Crippen molar-refractivity contribution < 1.29 is 0 Å². The average molecular weight is 305 g/mol. The van der Waals surface area contributed by atoms with Crippen LogP contribution in [0, 0.1) is 6.92 Å². The van der Waals surface area contributed by atoms with Crippen LogP contribution >= 0.6 is 23.2 Å². The SMILES string of the molecule is Cc1cc(Cl)ccc1NCc1[nH]c2ccccc2c1Cl. The van der Waals surface area contributed by atoms with Crippen LogP contribution in [-0.4, -0.2) is 4.98 Å². The molecule has 0 fully saturated rings. The molecule has 0 aliphatic heterocycles. The van der Waals surface area contributed by atoms with Gasteiger partial charge in [-0.1, -0.05) is 41.4 Å². The molecule has 3 aromatic rings. The van der Waals surface area contributed by atoms with Crippen LogP contribution in [-0.2, 0) is 6.54 Å². The van der Waals surface area contributed by atoms with E-state index in [1.54, 1.807) is 0 Å². The molecular formula is C16H14Cl2N2. The molecule has 0 spiro atoms. The second-order valence-electron chi connectivity index (χ2n) is 4.78. The van der Waals surface area contributed by atoms with Crippen molar-refractivity contribution in [3.8, 4) is 0 Å². The zero-order valence-corrected chi connectivity index (χ0v) is 12.5. The molecule has 0 atom stereocenters. The van der Waals surface area contributed by atoms with E-state index in [1.165, 1.54) is 0 Å². The lowest BCUT2D eigenvalue weighted by molar-refractivity contribution is 1.08. The first kappa shape index (κ1) is 13.3. The van der Waals surface area contributed by atoms with Gasteiger partial charge in [-0.3, -0.25) is 0 Å². The highest BCUT2D eigenvalue weighted by molar-refractivity contribution is 6.36. The first-order valence-corrected chi connectivity index (χ1v) is 7.16. The summed E-state index contributed by atoms with van der Waals surface area (Å²) in [5.74, 6) is 0. The van der Waals surface area contributed by atoms with E-state index in [1.807, 2.05) is 49.4 Å². The van der Waals surface area contributed by atoms with Gasteiger partial charge in [-0.2, -0.15) is 0 Å². The summed E-state index contributed by atoms with van der Waals surface area (Å²) in [7, 11) is 0. The molecule has 0 radical (unpaired) electrons. The number of nitrogens with one attached hydrogen (secondary N) is 2. The highest BCUT2D eigenvalue weighted by Gasteiger charge is 2.09. The number of benzene rings is 2. The van der Waals surface area contributed by atoms with E-state index in [2.05, 4.69) is 10.3 Å². The fourth-order valence-corrected chi connectivity index (χ4v) is 2.80. The van der Waals surface area contributed by atoms with Crippen molar-refractivity contribution in [1.82, 2.24) is 4.98 Å². The summed E-state index contributed by atoms with van der Waals surface area (Å²) in [4.78, 5) is 3.34. The van der Waals surface area contributed by atoms with Crippen LogP contribution in [0.2, 0.25) is 10.0 Å². The second kappa shape index (κ2) is 5.39. The fourth-order valence-electron chi connectivity index (χ4n) is 2.29. The predicted molar refractivity (Wildman–Crippen MR) is 86.8 cm³/mol. The highest BCUT2D eigenvalue weighted by Crippen LogP contribution is 2.28. The standard InChI is InChI=1S/C16H14Cl2N2/c1-10-8-11(17)6-7-13(10)19-9-15-16(18)12-4-2-3-5-14(12)20-15/h2-8,19-20H,9H2,1H3. The highest BCUT2D eigenvalue weighted by atomic mass is 35.5. The topological polar surface area (TPSA) is 27.8 Å². The number of aromatic nitrogens is 1. The molecule has 2 aromatic carbocycles. The molecule has 0 aliphatic rings. The summed E-state index contributed by atoms with van der Waals surface area (Å²) in [5, 5.41) is 5.96. The third kappa shape index (κ3) is 2.49. The molecule has 2 N–H and O–H groups in total. The Labute approximate surface area is 127 Å². The molecule has 1 heterocycles. The lowest BCUT2D eigenvalue weighted by Gasteiger charge is -2.09. The summed E-state index contributed by atoms with van der Waals surface area (Å²) >= 11 is 12.4. The van der Waals surface area contributed by atoms with Crippen LogP contribution in [0.5, 0.6) is 0 Å². The van der Waals surface area contributed by atoms with E-state index in [0.29, 0.717) is 6.54 Å². The molecule has 0 amide bonds. The van der Waals surface area contributed by atoms with Gasteiger partial charge in [0.25, 0.3) is 0 Å². The number of hydrogen-bond donors (Lipinski definition) is 2. The minimum atomic E-state index is 0.649. The monoisotopic (exact) mass is 304 g/mol. The normalized spacial score (nSPS) is 10.9. The molecule has 20 heavy (non-hydrogen) atoms. The van der Waals surface area contributed by atoms with Gasteiger partial charge in [-0.25, -0.2) is 0 Å². The number of halogens is 2. The molecule has 3 rings (SSSR count). The third-order valence-corrected chi connectivity index (χ3v) is 4.02. The number of H-pyrrole nitrogens is 1. The van der Waals surface area contributed by atoms with Gasteiger partial charge >= 0.3 is 0 Å².